The lowest BCUT2D eigenvalue weighted by Gasteiger charge is -2.33. The number of ether oxygens (including phenoxy) is 1. The Kier molecular flexibility index (Phi) is 3.68. The molecule has 0 bridgehead atoms. The highest BCUT2D eigenvalue weighted by atomic mass is 32.2. The fourth-order valence-electron chi connectivity index (χ4n) is 2.34. The van der Waals surface area contributed by atoms with Crippen LogP contribution in [0, 0.1) is 0 Å². The monoisotopic (exact) mass is 269 g/mol. The fraction of sp³-hybridized carbons (Fsp3) is 0.417. The predicted molar refractivity (Wildman–Crippen MR) is 67.8 cm³/mol. The lowest BCUT2D eigenvalue weighted by Crippen LogP contribution is -2.40. The van der Waals surface area contributed by atoms with E-state index in [9.17, 15) is 14.1 Å². The van der Waals surface area contributed by atoms with Gasteiger partial charge in [-0.1, -0.05) is 12.1 Å². The number of benzene rings is 1. The summed E-state index contributed by atoms with van der Waals surface area (Å²) in [6.45, 7) is 0.452. The number of methoxy groups -OCH3 is 1. The highest BCUT2D eigenvalue weighted by Gasteiger charge is 2.36. The first-order valence-corrected chi connectivity index (χ1v) is 7.06. The van der Waals surface area contributed by atoms with Gasteiger partial charge in [-0.05, 0) is 18.1 Å². The zero-order valence-corrected chi connectivity index (χ0v) is 11.1. The van der Waals surface area contributed by atoms with Gasteiger partial charge < -0.3 is 9.84 Å². The molecule has 0 fully saturated rings. The molecule has 2 rings (SSSR count). The summed E-state index contributed by atoms with van der Waals surface area (Å²) in [6.07, 6.45) is 2.14. The number of fused-ring (bicyclic) bond motifs is 1. The van der Waals surface area contributed by atoms with E-state index in [0.29, 0.717) is 24.3 Å². The molecule has 5 nitrogen and oxygen atoms in total. The Bertz CT molecular complexity index is 503. The maximum atomic E-state index is 11.6. The SMILES string of the molecule is COc1cccc2c1CCN(S(C)=O)C2C(=O)O. The Morgan fingerprint density at radius 3 is 2.83 bits per heavy atom. The number of rotatable bonds is 3. The van der Waals surface area contributed by atoms with Crippen LogP contribution in [-0.2, 0) is 22.2 Å². The van der Waals surface area contributed by atoms with Crippen molar-refractivity contribution in [3.05, 3.63) is 29.3 Å². The molecule has 0 saturated heterocycles. The number of nitrogens with zero attached hydrogens (tertiary/aromatic N) is 1. The first-order chi connectivity index (χ1) is 8.56. The van der Waals surface area contributed by atoms with Crippen molar-refractivity contribution in [2.45, 2.75) is 12.5 Å². The van der Waals surface area contributed by atoms with Crippen molar-refractivity contribution in [2.24, 2.45) is 0 Å². The van der Waals surface area contributed by atoms with E-state index in [2.05, 4.69) is 0 Å². The number of carboxylic acids is 1. The van der Waals surface area contributed by atoms with Gasteiger partial charge in [0, 0.05) is 18.4 Å². The second kappa shape index (κ2) is 5.07. The molecule has 0 radical (unpaired) electrons. The summed E-state index contributed by atoms with van der Waals surface area (Å²) in [5.74, 6) is -0.292. The van der Waals surface area contributed by atoms with Crippen molar-refractivity contribution in [2.75, 3.05) is 19.9 Å². The molecule has 1 aromatic rings. The molecular formula is C12H15NO4S. The van der Waals surface area contributed by atoms with E-state index in [1.807, 2.05) is 6.07 Å². The van der Waals surface area contributed by atoms with Crippen LogP contribution in [0.25, 0.3) is 0 Å². The lowest BCUT2D eigenvalue weighted by atomic mass is 9.93. The van der Waals surface area contributed by atoms with E-state index in [0.717, 1.165) is 5.56 Å². The van der Waals surface area contributed by atoms with Gasteiger partial charge in [-0.3, -0.25) is 4.79 Å². The molecule has 98 valence electrons. The number of hydrogen-bond acceptors (Lipinski definition) is 3. The van der Waals surface area contributed by atoms with Crippen molar-refractivity contribution >= 4 is 17.0 Å². The maximum Gasteiger partial charge on any atom is 0.326 e. The van der Waals surface area contributed by atoms with Gasteiger partial charge in [-0.15, -0.1) is 0 Å². The second-order valence-electron chi connectivity index (χ2n) is 4.08. The third-order valence-corrected chi connectivity index (χ3v) is 4.17. The van der Waals surface area contributed by atoms with Crippen LogP contribution in [0.1, 0.15) is 17.2 Å². The van der Waals surface area contributed by atoms with Crippen molar-refractivity contribution in [3.8, 4) is 5.75 Å². The van der Waals surface area contributed by atoms with E-state index < -0.39 is 23.0 Å². The smallest absolute Gasteiger partial charge is 0.326 e. The van der Waals surface area contributed by atoms with Gasteiger partial charge in [0.05, 0.1) is 18.1 Å². The van der Waals surface area contributed by atoms with Crippen LogP contribution < -0.4 is 4.74 Å². The van der Waals surface area contributed by atoms with Gasteiger partial charge in [0.1, 0.15) is 11.8 Å². The van der Waals surface area contributed by atoms with Crippen LogP contribution in [0.5, 0.6) is 5.75 Å². The largest absolute Gasteiger partial charge is 0.496 e. The molecule has 0 amide bonds. The second-order valence-corrected chi connectivity index (χ2v) is 5.40. The van der Waals surface area contributed by atoms with E-state index in [1.165, 1.54) is 10.6 Å². The fourth-order valence-corrected chi connectivity index (χ4v) is 3.19. The molecule has 18 heavy (non-hydrogen) atoms. The summed E-state index contributed by atoms with van der Waals surface area (Å²) in [5.41, 5.74) is 1.57. The molecule has 1 heterocycles. The average Bonchev–Trinajstić information content (AvgIpc) is 2.35. The zero-order chi connectivity index (χ0) is 13.3. The minimum Gasteiger partial charge on any atom is -0.496 e. The Labute approximate surface area is 108 Å². The van der Waals surface area contributed by atoms with E-state index in [1.54, 1.807) is 19.2 Å². The normalized spacial score (nSPS) is 21.1. The highest BCUT2D eigenvalue weighted by molar-refractivity contribution is 7.81. The topological polar surface area (TPSA) is 66.8 Å². The Balaban J connectivity index is 2.53. The van der Waals surface area contributed by atoms with Crippen LogP contribution >= 0.6 is 0 Å². The number of aliphatic carboxylic acids is 1. The summed E-state index contributed by atoms with van der Waals surface area (Å²) in [5, 5.41) is 9.35. The number of carbonyl (C=O) groups is 1. The molecule has 2 unspecified atom stereocenters. The van der Waals surface area contributed by atoms with Crippen molar-refractivity contribution < 1.29 is 18.8 Å². The summed E-state index contributed by atoms with van der Waals surface area (Å²) in [4.78, 5) is 11.4. The molecule has 0 saturated carbocycles. The molecule has 1 aliphatic rings. The molecule has 6 heteroatoms. The molecule has 0 aromatic heterocycles. The Morgan fingerprint density at radius 1 is 1.56 bits per heavy atom. The minimum absolute atomic E-state index is 0.452. The molecule has 2 atom stereocenters. The number of hydrogen-bond donors (Lipinski definition) is 1. The summed E-state index contributed by atoms with van der Waals surface area (Å²) in [7, 11) is 0.258. The highest BCUT2D eigenvalue weighted by Crippen LogP contribution is 2.35. The Hall–Kier alpha value is -1.40. The van der Waals surface area contributed by atoms with Crippen LogP contribution in [0.3, 0.4) is 0 Å². The first-order valence-electron chi connectivity index (χ1n) is 5.55. The predicted octanol–water partition coefficient (Wildman–Crippen LogP) is 0.973. The van der Waals surface area contributed by atoms with E-state index in [4.69, 9.17) is 4.74 Å². The molecule has 0 aliphatic carbocycles. The molecule has 1 aromatic carbocycles. The lowest BCUT2D eigenvalue weighted by molar-refractivity contribution is -0.141. The van der Waals surface area contributed by atoms with Gasteiger partial charge >= 0.3 is 5.97 Å². The van der Waals surface area contributed by atoms with Crippen molar-refractivity contribution in [3.63, 3.8) is 0 Å². The van der Waals surface area contributed by atoms with Crippen LogP contribution in [-0.4, -0.2) is 39.5 Å². The summed E-state index contributed by atoms with van der Waals surface area (Å²) >= 11 is 0. The summed E-state index contributed by atoms with van der Waals surface area (Å²) < 4.78 is 18.4. The third-order valence-electron chi connectivity index (χ3n) is 3.12. The van der Waals surface area contributed by atoms with Crippen LogP contribution in [0.2, 0.25) is 0 Å². The van der Waals surface area contributed by atoms with E-state index >= 15 is 0 Å². The van der Waals surface area contributed by atoms with Gasteiger partial charge in [-0.25, -0.2) is 8.51 Å². The molecule has 0 spiro atoms. The van der Waals surface area contributed by atoms with Gasteiger partial charge in [0.2, 0.25) is 0 Å². The zero-order valence-electron chi connectivity index (χ0n) is 10.3. The van der Waals surface area contributed by atoms with E-state index in [-0.39, 0.29) is 0 Å². The number of carboxylic acid groups (broad SMARTS) is 1. The van der Waals surface area contributed by atoms with Gasteiger partial charge in [0.15, 0.2) is 0 Å². The molecule has 1 aliphatic heterocycles. The van der Waals surface area contributed by atoms with Gasteiger partial charge in [-0.2, -0.15) is 0 Å². The molecule has 1 N–H and O–H groups in total. The van der Waals surface area contributed by atoms with Crippen LogP contribution in [0.4, 0.5) is 0 Å². The third kappa shape index (κ3) is 2.13. The summed E-state index contributed by atoms with van der Waals surface area (Å²) in [6, 6.07) is 4.47. The molecular weight excluding hydrogens is 254 g/mol. The van der Waals surface area contributed by atoms with Crippen molar-refractivity contribution in [1.29, 1.82) is 0 Å². The maximum absolute atomic E-state index is 11.6. The average molecular weight is 269 g/mol. The minimum atomic E-state index is -1.31. The first kappa shape index (κ1) is 13.0. The standard InChI is InChI=1S/C12H15NO4S/c1-17-10-5-3-4-9-8(10)6-7-13(18(2)16)11(9)12(14)15/h3-5,11H,6-7H2,1-2H3,(H,14,15). The quantitative estimate of drug-likeness (QED) is 0.888. The van der Waals surface area contributed by atoms with Crippen LogP contribution in [0.15, 0.2) is 18.2 Å². The van der Waals surface area contributed by atoms with Gasteiger partial charge in [0.25, 0.3) is 0 Å². The Morgan fingerprint density at radius 2 is 2.28 bits per heavy atom. The van der Waals surface area contributed by atoms with Crippen molar-refractivity contribution in [1.82, 2.24) is 4.31 Å².